The average Bonchev–Trinajstić information content (AvgIpc) is 2.60. The van der Waals surface area contributed by atoms with Gasteiger partial charge >= 0.3 is 0 Å². The van der Waals surface area contributed by atoms with E-state index in [9.17, 15) is 9.90 Å². The molecule has 0 saturated heterocycles. The van der Waals surface area contributed by atoms with Gasteiger partial charge in [0.2, 0.25) is 5.91 Å². The topological polar surface area (TPSA) is 61.8 Å². The standard InChI is InChI=1S/C19H28N2O3/c1-3-11-20-19(23)14-21(16-7-9-17(22)10-8-16)13-15-5-4-6-18(12-15)24-2/h3-6,12,16-17,22H,1,7-11,13-14H2,2H3,(H,20,23). The van der Waals surface area contributed by atoms with E-state index in [1.54, 1.807) is 13.2 Å². The van der Waals surface area contributed by atoms with E-state index in [1.807, 2.05) is 18.2 Å². The Balaban J connectivity index is 2.05. The van der Waals surface area contributed by atoms with E-state index in [4.69, 9.17) is 4.74 Å². The largest absolute Gasteiger partial charge is 0.497 e. The van der Waals surface area contributed by atoms with Crippen LogP contribution in [0.2, 0.25) is 0 Å². The van der Waals surface area contributed by atoms with Crippen LogP contribution in [-0.2, 0) is 11.3 Å². The Morgan fingerprint density at radius 2 is 2.17 bits per heavy atom. The number of methoxy groups -OCH3 is 1. The number of rotatable bonds is 8. The third-order valence-electron chi connectivity index (χ3n) is 4.49. The third kappa shape index (κ3) is 5.65. The molecule has 132 valence electrons. The molecule has 2 N–H and O–H groups in total. The van der Waals surface area contributed by atoms with E-state index in [0.717, 1.165) is 37.0 Å². The predicted molar refractivity (Wildman–Crippen MR) is 94.9 cm³/mol. The van der Waals surface area contributed by atoms with Crippen molar-refractivity contribution in [3.63, 3.8) is 0 Å². The minimum atomic E-state index is -0.200. The number of amides is 1. The Hall–Kier alpha value is -1.85. The normalized spacial score (nSPS) is 20.6. The van der Waals surface area contributed by atoms with Crippen LogP contribution in [0.1, 0.15) is 31.2 Å². The fourth-order valence-electron chi connectivity index (χ4n) is 3.17. The Bertz CT molecular complexity index is 539. The molecule has 0 aliphatic heterocycles. The second-order valence-electron chi connectivity index (χ2n) is 6.31. The van der Waals surface area contributed by atoms with Crippen LogP contribution in [0, 0.1) is 0 Å². The second-order valence-corrected chi connectivity index (χ2v) is 6.31. The highest BCUT2D eigenvalue weighted by Gasteiger charge is 2.26. The van der Waals surface area contributed by atoms with Gasteiger partial charge in [-0.05, 0) is 43.4 Å². The number of carbonyl (C=O) groups excluding carboxylic acids is 1. The lowest BCUT2D eigenvalue weighted by atomic mass is 9.91. The summed E-state index contributed by atoms with van der Waals surface area (Å²) in [6.45, 7) is 5.16. The van der Waals surface area contributed by atoms with Gasteiger partial charge in [0.25, 0.3) is 0 Å². The van der Waals surface area contributed by atoms with Gasteiger partial charge in [0, 0.05) is 19.1 Å². The molecule has 1 aromatic carbocycles. The van der Waals surface area contributed by atoms with E-state index in [1.165, 1.54) is 0 Å². The number of carbonyl (C=O) groups is 1. The third-order valence-corrected chi connectivity index (χ3v) is 4.49. The molecule has 2 rings (SSSR count). The summed E-state index contributed by atoms with van der Waals surface area (Å²) in [7, 11) is 1.65. The molecule has 24 heavy (non-hydrogen) atoms. The van der Waals surface area contributed by atoms with E-state index < -0.39 is 0 Å². The molecule has 0 bridgehead atoms. The monoisotopic (exact) mass is 332 g/mol. The molecular formula is C19H28N2O3. The molecule has 0 radical (unpaired) electrons. The van der Waals surface area contributed by atoms with Gasteiger partial charge in [0.05, 0.1) is 19.8 Å². The lowest BCUT2D eigenvalue weighted by Gasteiger charge is -2.35. The van der Waals surface area contributed by atoms with Crippen molar-refractivity contribution in [1.29, 1.82) is 0 Å². The first-order valence-corrected chi connectivity index (χ1v) is 8.55. The molecule has 1 aliphatic rings. The van der Waals surface area contributed by atoms with Crippen molar-refractivity contribution in [2.45, 2.75) is 44.4 Å². The molecule has 5 heteroatoms. The molecule has 1 aliphatic carbocycles. The SMILES string of the molecule is C=CCNC(=O)CN(Cc1cccc(OC)c1)C1CCC(O)CC1. The summed E-state index contributed by atoms with van der Waals surface area (Å²) in [4.78, 5) is 14.4. The van der Waals surface area contributed by atoms with Crippen LogP contribution in [0.15, 0.2) is 36.9 Å². The zero-order valence-electron chi connectivity index (χ0n) is 14.4. The number of ether oxygens (including phenoxy) is 1. The predicted octanol–water partition coefficient (Wildman–Crippen LogP) is 2.10. The van der Waals surface area contributed by atoms with E-state index in [2.05, 4.69) is 22.9 Å². The van der Waals surface area contributed by atoms with Gasteiger partial charge in [-0.2, -0.15) is 0 Å². The first kappa shape index (κ1) is 18.5. The van der Waals surface area contributed by atoms with Crippen molar-refractivity contribution < 1.29 is 14.6 Å². The number of nitrogens with one attached hydrogen (secondary N) is 1. The number of nitrogens with zero attached hydrogens (tertiary/aromatic N) is 1. The average molecular weight is 332 g/mol. The molecule has 1 amide bonds. The van der Waals surface area contributed by atoms with Gasteiger partial charge in [-0.25, -0.2) is 0 Å². The highest BCUT2D eigenvalue weighted by atomic mass is 16.5. The summed E-state index contributed by atoms with van der Waals surface area (Å²) in [5.41, 5.74) is 1.12. The maximum Gasteiger partial charge on any atom is 0.234 e. The number of benzene rings is 1. The number of aliphatic hydroxyl groups excluding tert-OH is 1. The molecule has 5 nitrogen and oxygen atoms in total. The summed E-state index contributed by atoms with van der Waals surface area (Å²) in [5, 5.41) is 12.6. The van der Waals surface area contributed by atoms with Crippen LogP contribution in [0.3, 0.4) is 0 Å². The van der Waals surface area contributed by atoms with E-state index in [0.29, 0.717) is 25.7 Å². The first-order valence-electron chi connectivity index (χ1n) is 8.55. The first-order chi connectivity index (χ1) is 11.6. The quantitative estimate of drug-likeness (QED) is 0.716. The maximum absolute atomic E-state index is 12.2. The molecule has 0 aromatic heterocycles. The van der Waals surface area contributed by atoms with Crippen molar-refractivity contribution in [3.8, 4) is 5.75 Å². The van der Waals surface area contributed by atoms with Crippen LogP contribution >= 0.6 is 0 Å². The molecule has 1 saturated carbocycles. The van der Waals surface area contributed by atoms with Gasteiger partial charge < -0.3 is 15.2 Å². The molecule has 1 aromatic rings. The van der Waals surface area contributed by atoms with Gasteiger partial charge in [-0.1, -0.05) is 18.2 Å². The van der Waals surface area contributed by atoms with Crippen LogP contribution in [-0.4, -0.2) is 48.3 Å². The number of aliphatic hydroxyl groups is 1. The van der Waals surface area contributed by atoms with Gasteiger partial charge in [-0.15, -0.1) is 6.58 Å². The Kier molecular flexibility index (Phi) is 7.28. The smallest absolute Gasteiger partial charge is 0.234 e. The zero-order chi connectivity index (χ0) is 17.4. The fraction of sp³-hybridized carbons (Fsp3) is 0.526. The molecule has 0 heterocycles. The van der Waals surface area contributed by atoms with Crippen molar-refractivity contribution in [3.05, 3.63) is 42.5 Å². The molecule has 1 fully saturated rings. The van der Waals surface area contributed by atoms with Crippen LogP contribution in [0.5, 0.6) is 5.75 Å². The summed E-state index contributed by atoms with van der Waals surface area (Å²) >= 11 is 0. The summed E-state index contributed by atoms with van der Waals surface area (Å²) in [5.74, 6) is 0.826. The minimum Gasteiger partial charge on any atom is -0.497 e. The maximum atomic E-state index is 12.2. The van der Waals surface area contributed by atoms with Gasteiger partial charge in [0.1, 0.15) is 5.75 Å². The van der Waals surface area contributed by atoms with Gasteiger partial charge in [-0.3, -0.25) is 9.69 Å². The van der Waals surface area contributed by atoms with Crippen molar-refractivity contribution >= 4 is 5.91 Å². The molecular weight excluding hydrogens is 304 g/mol. The zero-order valence-corrected chi connectivity index (χ0v) is 14.4. The van der Waals surface area contributed by atoms with E-state index in [-0.39, 0.29) is 12.0 Å². The highest BCUT2D eigenvalue weighted by Crippen LogP contribution is 2.25. The van der Waals surface area contributed by atoms with Crippen LogP contribution in [0.25, 0.3) is 0 Å². The highest BCUT2D eigenvalue weighted by molar-refractivity contribution is 5.78. The Morgan fingerprint density at radius 3 is 2.83 bits per heavy atom. The second kappa shape index (κ2) is 9.45. The summed E-state index contributed by atoms with van der Waals surface area (Å²) in [6, 6.07) is 8.26. The molecule has 0 unspecified atom stereocenters. The van der Waals surface area contributed by atoms with Crippen molar-refractivity contribution in [2.24, 2.45) is 0 Å². The Morgan fingerprint density at radius 1 is 1.42 bits per heavy atom. The number of hydrogen-bond donors (Lipinski definition) is 2. The van der Waals surface area contributed by atoms with Crippen molar-refractivity contribution in [1.82, 2.24) is 10.2 Å². The Labute approximate surface area is 144 Å². The minimum absolute atomic E-state index is 0.00363. The van der Waals surface area contributed by atoms with Crippen LogP contribution in [0.4, 0.5) is 0 Å². The van der Waals surface area contributed by atoms with Crippen molar-refractivity contribution in [2.75, 3.05) is 20.2 Å². The molecule has 0 atom stereocenters. The lowest BCUT2D eigenvalue weighted by Crippen LogP contribution is -2.44. The number of hydrogen-bond acceptors (Lipinski definition) is 4. The summed E-state index contributed by atoms with van der Waals surface area (Å²) < 4.78 is 5.29. The lowest BCUT2D eigenvalue weighted by molar-refractivity contribution is -0.123. The summed E-state index contributed by atoms with van der Waals surface area (Å²) in [6.07, 6.45) is 4.91. The van der Waals surface area contributed by atoms with Crippen LogP contribution < -0.4 is 10.1 Å². The van der Waals surface area contributed by atoms with Gasteiger partial charge in [0.15, 0.2) is 0 Å². The fourth-order valence-corrected chi connectivity index (χ4v) is 3.17. The molecule has 0 spiro atoms. The van der Waals surface area contributed by atoms with E-state index >= 15 is 0 Å².